The van der Waals surface area contributed by atoms with Gasteiger partial charge in [0.2, 0.25) is 0 Å². The molecular weight excluding hydrogens is 463 g/mol. The zero-order chi connectivity index (χ0) is 26.0. The Kier molecular flexibility index (Phi) is 7.76. The largest absolute Gasteiger partial charge is 0.493 e. The average molecular weight is 494 g/mol. The summed E-state index contributed by atoms with van der Waals surface area (Å²) in [6.07, 6.45) is 0. The highest BCUT2D eigenvalue weighted by Gasteiger charge is 2.48. The zero-order valence-electron chi connectivity index (χ0n) is 20.6. The molecule has 0 aliphatic heterocycles. The van der Waals surface area contributed by atoms with Crippen molar-refractivity contribution >= 4 is 16.7 Å². The first-order valence-electron chi connectivity index (χ1n) is 11.0. The van der Waals surface area contributed by atoms with Crippen molar-refractivity contribution in [1.82, 2.24) is 9.97 Å². The van der Waals surface area contributed by atoms with Crippen LogP contribution in [0.2, 0.25) is 0 Å². The predicted octanol–water partition coefficient (Wildman–Crippen LogP) is 5.15. The summed E-state index contributed by atoms with van der Waals surface area (Å²) in [6, 6.07) is 6.36. The molecule has 0 spiro atoms. The van der Waals surface area contributed by atoms with Crippen molar-refractivity contribution in [2.45, 2.75) is 45.3 Å². The van der Waals surface area contributed by atoms with E-state index >= 15 is 0 Å². The highest BCUT2D eigenvalue weighted by molar-refractivity contribution is 5.92. The van der Waals surface area contributed by atoms with Crippen LogP contribution in [0.4, 0.5) is 19.0 Å². The van der Waals surface area contributed by atoms with Gasteiger partial charge in [-0.25, -0.2) is 14.4 Å². The van der Waals surface area contributed by atoms with Gasteiger partial charge in [0, 0.05) is 24.6 Å². The molecule has 0 radical (unpaired) electrons. The minimum absolute atomic E-state index is 0.304. The number of aliphatic hydroxyl groups is 1. The van der Waals surface area contributed by atoms with Gasteiger partial charge in [-0.05, 0) is 51.5 Å². The fourth-order valence-corrected chi connectivity index (χ4v) is 3.54. The van der Waals surface area contributed by atoms with Crippen LogP contribution < -0.4 is 14.8 Å². The number of ether oxygens (including phenoxy) is 3. The molecule has 3 rings (SSSR count). The number of halogens is 3. The molecule has 1 aromatic heterocycles. The smallest absolute Gasteiger partial charge is 0.303 e. The van der Waals surface area contributed by atoms with Crippen molar-refractivity contribution in [2.24, 2.45) is 0 Å². The Morgan fingerprint density at radius 2 is 1.77 bits per heavy atom. The number of hydrogen-bond acceptors (Lipinski definition) is 7. The maximum absolute atomic E-state index is 14.7. The number of aryl methyl sites for hydroxylation is 1. The standard InChI is InChI=1S/C25H30F3N3O4/c1-14(16-7-8-19(26)18(11-16)25(27,28)24(3,4)32)29-23-17-12-22(35-10-9-33-5)21(34-6)13-20(17)30-15(2)31-23/h7-8,11-14,32H,9-10H2,1-6H3,(H,29,30,31)/t14-/m1/s1. The third-order valence-corrected chi connectivity index (χ3v) is 5.59. The molecule has 35 heavy (non-hydrogen) atoms. The molecule has 0 aliphatic carbocycles. The SMILES string of the molecule is COCCOc1cc2c(N[C@H](C)c3ccc(F)c(C(F)(F)C(C)(C)O)c3)nc(C)nc2cc1OC. The van der Waals surface area contributed by atoms with E-state index < -0.39 is 28.9 Å². The number of aromatic nitrogens is 2. The summed E-state index contributed by atoms with van der Waals surface area (Å²) in [5.41, 5.74) is -2.34. The summed E-state index contributed by atoms with van der Waals surface area (Å²) in [6.45, 7) is 6.04. The molecule has 190 valence electrons. The quantitative estimate of drug-likeness (QED) is 0.378. The lowest BCUT2D eigenvalue weighted by molar-refractivity contribution is -0.170. The molecule has 3 aromatic rings. The fraction of sp³-hybridized carbons (Fsp3) is 0.440. The lowest BCUT2D eigenvalue weighted by Crippen LogP contribution is -2.41. The Bertz CT molecular complexity index is 1200. The van der Waals surface area contributed by atoms with Crippen LogP contribution in [0.1, 0.15) is 43.8 Å². The van der Waals surface area contributed by atoms with Gasteiger partial charge in [-0.3, -0.25) is 0 Å². The molecule has 2 aromatic carbocycles. The minimum atomic E-state index is -3.80. The number of hydrogen-bond donors (Lipinski definition) is 2. The van der Waals surface area contributed by atoms with Gasteiger partial charge in [0.05, 0.1) is 24.8 Å². The molecule has 7 nitrogen and oxygen atoms in total. The van der Waals surface area contributed by atoms with E-state index in [0.29, 0.717) is 52.8 Å². The highest BCUT2D eigenvalue weighted by Crippen LogP contribution is 2.41. The molecule has 0 fully saturated rings. The van der Waals surface area contributed by atoms with Crippen LogP contribution in [0.3, 0.4) is 0 Å². The van der Waals surface area contributed by atoms with E-state index in [9.17, 15) is 18.3 Å². The Labute approximate surface area is 202 Å². The van der Waals surface area contributed by atoms with Crippen molar-refractivity contribution < 1.29 is 32.5 Å². The van der Waals surface area contributed by atoms with Crippen molar-refractivity contribution in [3.05, 3.63) is 53.1 Å². The summed E-state index contributed by atoms with van der Waals surface area (Å²) in [7, 11) is 3.09. The lowest BCUT2D eigenvalue weighted by atomic mass is 9.91. The number of rotatable bonds is 10. The van der Waals surface area contributed by atoms with E-state index in [2.05, 4.69) is 15.3 Å². The van der Waals surface area contributed by atoms with Crippen molar-refractivity contribution in [3.63, 3.8) is 0 Å². The van der Waals surface area contributed by atoms with Crippen LogP contribution >= 0.6 is 0 Å². The Hall–Kier alpha value is -3.11. The average Bonchev–Trinajstić information content (AvgIpc) is 2.78. The monoisotopic (exact) mass is 493 g/mol. The fourth-order valence-electron chi connectivity index (χ4n) is 3.54. The first-order valence-corrected chi connectivity index (χ1v) is 11.0. The summed E-state index contributed by atoms with van der Waals surface area (Å²) in [4.78, 5) is 8.94. The van der Waals surface area contributed by atoms with Crippen LogP contribution in [0.25, 0.3) is 10.9 Å². The number of benzene rings is 2. The second kappa shape index (κ2) is 10.2. The normalized spacial score (nSPS) is 13.1. The van der Waals surface area contributed by atoms with Gasteiger partial charge in [-0.2, -0.15) is 8.78 Å². The highest BCUT2D eigenvalue weighted by atomic mass is 19.3. The van der Waals surface area contributed by atoms with Gasteiger partial charge in [-0.15, -0.1) is 0 Å². The second-order valence-corrected chi connectivity index (χ2v) is 8.72. The predicted molar refractivity (Wildman–Crippen MR) is 127 cm³/mol. The van der Waals surface area contributed by atoms with Crippen molar-refractivity contribution in [3.8, 4) is 11.5 Å². The van der Waals surface area contributed by atoms with E-state index in [1.807, 2.05) is 0 Å². The van der Waals surface area contributed by atoms with Crippen molar-refractivity contribution in [1.29, 1.82) is 0 Å². The van der Waals surface area contributed by atoms with Gasteiger partial charge in [0.15, 0.2) is 11.5 Å². The molecule has 0 unspecified atom stereocenters. The van der Waals surface area contributed by atoms with Gasteiger partial charge < -0.3 is 24.6 Å². The summed E-state index contributed by atoms with van der Waals surface area (Å²) < 4.78 is 60.0. The van der Waals surface area contributed by atoms with Crippen molar-refractivity contribution in [2.75, 3.05) is 32.8 Å². The number of fused-ring (bicyclic) bond motifs is 1. The Morgan fingerprint density at radius 3 is 2.40 bits per heavy atom. The zero-order valence-corrected chi connectivity index (χ0v) is 20.6. The maximum atomic E-state index is 14.7. The maximum Gasteiger partial charge on any atom is 0.303 e. The van der Waals surface area contributed by atoms with Gasteiger partial charge in [-0.1, -0.05) is 6.07 Å². The number of alkyl halides is 2. The van der Waals surface area contributed by atoms with E-state index in [1.54, 1.807) is 33.1 Å². The van der Waals surface area contributed by atoms with E-state index in [0.717, 1.165) is 26.0 Å². The van der Waals surface area contributed by atoms with Crippen LogP contribution in [0.5, 0.6) is 11.5 Å². The van der Waals surface area contributed by atoms with Crippen LogP contribution in [-0.4, -0.2) is 48.1 Å². The summed E-state index contributed by atoms with van der Waals surface area (Å²) >= 11 is 0. The van der Waals surface area contributed by atoms with E-state index in [4.69, 9.17) is 14.2 Å². The molecular formula is C25H30F3N3O4. The lowest BCUT2D eigenvalue weighted by Gasteiger charge is -2.30. The molecule has 0 saturated carbocycles. The first-order chi connectivity index (χ1) is 16.4. The second-order valence-electron chi connectivity index (χ2n) is 8.72. The Balaban J connectivity index is 2.01. The third-order valence-electron chi connectivity index (χ3n) is 5.59. The topological polar surface area (TPSA) is 85.7 Å². The van der Waals surface area contributed by atoms with E-state index in [-0.39, 0.29) is 0 Å². The molecule has 0 amide bonds. The molecule has 1 atom stereocenters. The van der Waals surface area contributed by atoms with Crippen LogP contribution in [-0.2, 0) is 10.7 Å². The number of methoxy groups -OCH3 is 2. The number of nitrogens with zero attached hydrogens (tertiary/aromatic N) is 2. The summed E-state index contributed by atoms with van der Waals surface area (Å²) in [5, 5.41) is 13.7. The number of anilines is 1. The van der Waals surface area contributed by atoms with Crippen LogP contribution in [0, 0.1) is 12.7 Å². The molecule has 0 aliphatic rings. The molecule has 2 N–H and O–H groups in total. The third kappa shape index (κ3) is 5.59. The van der Waals surface area contributed by atoms with Crippen LogP contribution in [0.15, 0.2) is 30.3 Å². The molecule has 0 bridgehead atoms. The molecule has 1 heterocycles. The van der Waals surface area contributed by atoms with Gasteiger partial charge in [0.1, 0.15) is 29.7 Å². The first kappa shape index (κ1) is 26.5. The molecule has 0 saturated heterocycles. The minimum Gasteiger partial charge on any atom is -0.493 e. The Morgan fingerprint density at radius 1 is 1.06 bits per heavy atom. The van der Waals surface area contributed by atoms with E-state index in [1.165, 1.54) is 13.2 Å². The number of nitrogens with one attached hydrogen (secondary N) is 1. The molecule has 10 heteroatoms. The van der Waals surface area contributed by atoms with Gasteiger partial charge in [0.25, 0.3) is 0 Å². The van der Waals surface area contributed by atoms with Gasteiger partial charge >= 0.3 is 5.92 Å². The summed E-state index contributed by atoms with van der Waals surface area (Å²) in [5.74, 6) is -3.01.